The quantitative estimate of drug-likeness (QED) is 0.752. The van der Waals surface area contributed by atoms with Gasteiger partial charge in [-0.3, -0.25) is 9.59 Å². The average molecular weight is 334 g/mol. The van der Waals surface area contributed by atoms with E-state index >= 15 is 0 Å². The molecule has 7 heteroatoms. The molecule has 2 aliphatic rings. The number of imidazole rings is 1. The maximum absolute atomic E-state index is 12.4. The Balaban J connectivity index is 1.60. The Morgan fingerprint density at radius 2 is 2.17 bits per heavy atom. The lowest BCUT2D eigenvalue weighted by Crippen LogP contribution is -2.41. The van der Waals surface area contributed by atoms with Gasteiger partial charge in [0.1, 0.15) is 5.82 Å². The van der Waals surface area contributed by atoms with E-state index in [1.165, 1.54) is 12.8 Å². The molecule has 2 amide bonds. The van der Waals surface area contributed by atoms with E-state index in [0.29, 0.717) is 25.5 Å². The van der Waals surface area contributed by atoms with Gasteiger partial charge < -0.3 is 19.5 Å². The summed E-state index contributed by atoms with van der Waals surface area (Å²) in [6.45, 7) is 4.48. The molecule has 1 N–H and O–H groups in total. The molecule has 1 aliphatic carbocycles. The molecule has 0 radical (unpaired) electrons. The van der Waals surface area contributed by atoms with Crippen molar-refractivity contribution in [3.8, 4) is 0 Å². The molecule has 1 fully saturated rings. The Kier molecular flexibility index (Phi) is 5.18. The molecular weight excluding hydrogens is 308 g/mol. The maximum atomic E-state index is 12.4. The minimum absolute atomic E-state index is 0.0321. The number of fused-ring (bicyclic) bond motifs is 1. The van der Waals surface area contributed by atoms with Crippen LogP contribution in [0.1, 0.15) is 43.7 Å². The topological polar surface area (TPSA) is 76.5 Å². The number of aromatic nitrogens is 2. The van der Waals surface area contributed by atoms with Gasteiger partial charge in [0.15, 0.2) is 0 Å². The second-order valence-corrected chi connectivity index (χ2v) is 6.71. The molecule has 1 atom stereocenters. The van der Waals surface area contributed by atoms with Gasteiger partial charge in [0.05, 0.1) is 24.8 Å². The lowest BCUT2D eigenvalue weighted by atomic mass is 10.1. The summed E-state index contributed by atoms with van der Waals surface area (Å²) < 4.78 is 6.99. The Hall–Kier alpha value is -1.89. The van der Waals surface area contributed by atoms with E-state index in [-0.39, 0.29) is 24.3 Å². The molecular formula is C17H26N4O3. The number of nitrogens with one attached hydrogen (secondary N) is 1. The van der Waals surface area contributed by atoms with Crippen molar-refractivity contribution in [3.05, 3.63) is 17.7 Å². The summed E-state index contributed by atoms with van der Waals surface area (Å²) in [4.78, 5) is 30.9. The second-order valence-electron chi connectivity index (χ2n) is 6.71. The van der Waals surface area contributed by atoms with Crippen LogP contribution in [0.5, 0.6) is 0 Å². The first-order valence-corrected chi connectivity index (χ1v) is 8.69. The highest BCUT2D eigenvalue weighted by molar-refractivity contribution is 5.78. The van der Waals surface area contributed by atoms with Crippen LogP contribution in [-0.4, -0.2) is 53.1 Å². The molecule has 24 heavy (non-hydrogen) atoms. The van der Waals surface area contributed by atoms with Gasteiger partial charge >= 0.3 is 0 Å². The third kappa shape index (κ3) is 3.95. The van der Waals surface area contributed by atoms with Gasteiger partial charge in [-0.25, -0.2) is 4.98 Å². The Bertz CT molecular complexity index is 609. The zero-order valence-corrected chi connectivity index (χ0v) is 14.5. The number of hydrogen-bond acceptors (Lipinski definition) is 4. The molecule has 1 saturated carbocycles. The average Bonchev–Trinajstić information content (AvgIpc) is 3.25. The summed E-state index contributed by atoms with van der Waals surface area (Å²) in [7, 11) is 1.60. The third-order valence-corrected chi connectivity index (χ3v) is 4.73. The van der Waals surface area contributed by atoms with E-state index in [1.54, 1.807) is 7.11 Å². The number of hydrogen-bond donors (Lipinski definition) is 1. The predicted molar refractivity (Wildman–Crippen MR) is 88.3 cm³/mol. The predicted octanol–water partition coefficient (Wildman–Crippen LogP) is 0.891. The van der Waals surface area contributed by atoms with Gasteiger partial charge in [0.25, 0.3) is 0 Å². The molecule has 7 nitrogen and oxygen atoms in total. The van der Waals surface area contributed by atoms with Crippen LogP contribution < -0.4 is 5.32 Å². The van der Waals surface area contributed by atoms with Gasteiger partial charge in [-0.05, 0) is 25.7 Å². The van der Waals surface area contributed by atoms with Crippen LogP contribution in [0.3, 0.4) is 0 Å². The third-order valence-electron chi connectivity index (χ3n) is 4.73. The van der Waals surface area contributed by atoms with E-state index in [2.05, 4.69) is 14.9 Å². The number of ether oxygens (including phenoxy) is 1. The zero-order chi connectivity index (χ0) is 17.1. The minimum Gasteiger partial charge on any atom is -0.383 e. The van der Waals surface area contributed by atoms with Crippen molar-refractivity contribution >= 4 is 11.8 Å². The first-order chi connectivity index (χ1) is 11.6. The fraction of sp³-hybridized carbons (Fsp3) is 0.706. The summed E-state index contributed by atoms with van der Waals surface area (Å²) >= 11 is 0. The molecule has 0 bridgehead atoms. The molecule has 1 aliphatic heterocycles. The summed E-state index contributed by atoms with van der Waals surface area (Å²) in [5.74, 6) is 1.65. The summed E-state index contributed by atoms with van der Waals surface area (Å²) in [5.41, 5.74) is 0.753. The highest BCUT2D eigenvalue weighted by Crippen LogP contribution is 2.34. The van der Waals surface area contributed by atoms with Gasteiger partial charge in [0.2, 0.25) is 11.8 Å². The standard InChI is InChI=1S/C17H26N4O3/c1-12-17-19-14(10-15(22)18-5-8-24-2)11-20(17)6-7-21(12)16(23)9-13-3-4-13/h11-13H,3-10H2,1-2H3,(H,18,22)/t12-/m1/s1. The number of nitrogens with zero attached hydrogens (tertiary/aromatic N) is 3. The number of methoxy groups -OCH3 is 1. The van der Waals surface area contributed by atoms with E-state index in [4.69, 9.17) is 4.74 Å². The van der Waals surface area contributed by atoms with E-state index in [1.807, 2.05) is 18.0 Å². The monoisotopic (exact) mass is 334 g/mol. The first-order valence-electron chi connectivity index (χ1n) is 8.69. The fourth-order valence-electron chi connectivity index (χ4n) is 3.18. The van der Waals surface area contributed by atoms with Crippen molar-refractivity contribution in [3.63, 3.8) is 0 Å². The molecule has 0 aromatic carbocycles. The highest BCUT2D eigenvalue weighted by Gasteiger charge is 2.33. The van der Waals surface area contributed by atoms with Crippen LogP contribution in [0.4, 0.5) is 0 Å². The van der Waals surface area contributed by atoms with Crippen LogP contribution in [0.2, 0.25) is 0 Å². The summed E-state index contributed by atoms with van der Waals surface area (Å²) in [6, 6.07) is -0.0321. The smallest absolute Gasteiger partial charge is 0.226 e. The zero-order valence-electron chi connectivity index (χ0n) is 14.5. The Labute approximate surface area is 142 Å². The molecule has 2 heterocycles. The van der Waals surface area contributed by atoms with E-state index < -0.39 is 0 Å². The van der Waals surface area contributed by atoms with Crippen molar-refractivity contribution in [1.82, 2.24) is 19.8 Å². The van der Waals surface area contributed by atoms with Gasteiger partial charge in [-0.2, -0.15) is 0 Å². The minimum atomic E-state index is -0.0585. The number of amides is 2. The van der Waals surface area contributed by atoms with Crippen LogP contribution in [0, 0.1) is 5.92 Å². The van der Waals surface area contributed by atoms with Crippen molar-refractivity contribution in [2.75, 3.05) is 26.8 Å². The normalized spacial score (nSPS) is 19.9. The van der Waals surface area contributed by atoms with E-state index in [0.717, 1.165) is 24.6 Å². The van der Waals surface area contributed by atoms with Gasteiger partial charge in [0, 0.05) is 39.4 Å². The Morgan fingerprint density at radius 1 is 1.38 bits per heavy atom. The molecule has 3 rings (SSSR count). The lowest BCUT2D eigenvalue weighted by Gasteiger charge is -2.34. The fourth-order valence-corrected chi connectivity index (χ4v) is 3.18. The maximum Gasteiger partial charge on any atom is 0.226 e. The van der Waals surface area contributed by atoms with Crippen molar-refractivity contribution in [2.45, 2.75) is 45.2 Å². The molecule has 1 aromatic rings. The molecule has 0 unspecified atom stereocenters. The van der Waals surface area contributed by atoms with Crippen molar-refractivity contribution < 1.29 is 14.3 Å². The van der Waals surface area contributed by atoms with Gasteiger partial charge in [-0.15, -0.1) is 0 Å². The highest BCUT2D eigenvalue weighted by atomic mass is 16.5. The summed E-state index contributed by atoms with van der Waals surface area (Å²) in [6.07, 6.45) is 5.23. The van der Waals surface area contributed by atoms with Crippen LogP contribution in [-0.2, 0) is 27.3 Å². The van der Waals surface area contributed by atoms with Gasteiger partial charge in [-0.1, -0.05) is 0 Å². The largest absolute Gasteiger partial charge is 0.383 e. The van der Waals surface area contributed by atoms with Crippen LogP contribution >= 0.6 is 0 Å². The molecule has 0 spiro atoms. The molecule has 132 valence electrons. The Morgan fingerprint density at radius 3 is 2.88 bits per heavy atom. The second kappa shape index (κ2) is 7.34. The van der Waals surface area contributed by atoms with Crippen LogP contribution in [0.15, 0.2) is 6.20 Å². The molecule has 1 aromatic heterocycles. The first kappa shape index (κ1) is 17.0. The SMILES string of the molecule is COCCNC(=O)Cc1cn2c(n1)[C@@H](C)N(C(=O)CC1CC1)CC2. The molecule has 0 saturated heterocycles. The number of rotatable bonds is 7. The van der Waals surface area contributed by atoms with Crippen molar-refractivity contribution in [2.24, 2.45) is 5.92 Å². The van der Waals surface area contributed by atoms with Crippen LogP contribution in [0.25, 0.3) is 0 Å². The number of carbonyl (C=O) groups is 2. The summed E-state index contributed by atoms with van der Waals surface area (Å²) in [5, 5.41) is 2.80. The van der Waals surface area contributed by atoms with E-state index in [9.17, 15) is 9.59 Å². The van der Waals surface area contributed by atoms with Crippen molar-refractivity contribution in [1.29, 1.82) is 0 Å². The number of carbonyl (C=O) groups excluding carboxylic acids is 2. The lowest BCUT2D eigenvalue weighted by molar-refractivity contribution is -0.135.